The van der Waals surface area contributed by atoms with Crippen LogP contribution in [0.1, 0.15) is 6.92 Å². The van der Waals surface area contributed by atoms with Gasteiger partial charge in [0, 0.05) is 10.0 Å². The second-order valence-electron chi connectivity index (χ2n) is 2.19. The molecule has 12 heavy (non-hydrogen) atoms. The average molecular weight is 203 g/mol. The van der Waals surface area contributed by atoms with Crippen LogP contribution in [0.5, 0.6) is 5.75 Å². The summed E-state index contributed by atoms with van der Waals surface area (Å²) in [6, 6.07) is 5.06. The lowest BCUT2D eigenvalue weighted by Gasteiger charge is -2.00. The Balaban J connectivity index is 2.85. The van der Waals surface area contributed by atoms with Gasteiger partial charge in [0.05, 0.1) is 6.26 Å². The molecular weight excluding hydrogens is 195 g/mol. The van der Waals surface area contributed by atoms with E-state index in [1.165, 1.54) is 0 Å². The predicted molar refractivity (Wildman–Crippen MR) is 51.9 cm³/mol. The van der Waals surface area contributed by atoms with Gasteiger partial charge in [-0.1, -0.05) is 29.3 Å². The van der Waals surface area contributed by atoms with Crippen molar-refractivity contribution in [3.63, 3.8) is 0 Å². The first kappa shape index (κ1) is 9.43. The summed E-state index contributed by atoms with van der Waals surface area (Å²) >= 11 is 11.5. The van der Waals surface area contributed by atoms with Crippen LogP contribution in [0.25, 0.3) is 0 Å². The van der Waals surface area contributed by atoms with E-state index in [1.807, 2.05) is 6.92 Å². The largest absolute Gasteiger partial charge is 0.465 e. The number of benzene rings is 1. The molecule has 0 unspecified atom stereocenters. The minimum atomic E-state index is 0.571. The summed E-state index contributed by atoms with van der Waals surface area (Å²) in [5.74, 6) is 0.644. The molecule has 0 bridgehead atoms. The van der Waals surface area contributed by atoms with Crippen molar-refractivity contribution >= 4 is 23.2 Å². The number of halogens is 2. The van der Waals surface area contributed by atoms with Crippen LogP contribution in [0.2, 0.25) is 10.0 Å². The highest BCUT2D eigenvalue weighted by Gasteiger charge is 1.96. The van der Waals surface area contributed by atoms with E-state index in [9.17, 15) is 0 Å². The van der Waals surface area contributed by atoms with Crippen LogP contribution in [0.15, 0.2) is 30.5 Å². The van der Waals surface area contributed by atoms with Gasteiger partial charge in [-0.15, -0.1) is 0 Å². The molecule has 1 aromatic rings. The van der Waals surface area contributed by atoms with Gasteiger partial charge in [-0.2, -0.15) is 0 Å². The fourth-order valence-corrected chi connectivity index (χ4v) is 1.25. The van der Waals surface area contributed by atoms with Crippen molar-refractivity contribution in [2.45, 2.75) is 6.92 Å². The van der Waals surface area contributed by atoms with E-state index in [-0.39, 0.29) is 0 Å². The van der Waals surface area contributed by atoms with E-state index in [4.69, 9.17) is 27.9 Å². The maximum Gasteiger partial charge on any atom is 0.129 e. The molecule has 0 atom stereocenters. The minimum absolute atomic E-state index is 0.571. The molecule has 0 spiro atoms. The van der Waals surface area contributed by atoms with Crippen molar-refractivity contribution < 1.29 is 4.74 Å². The average Bonchev–Trinajstić information content (AvgIpc) is 1.99. The summed E-state index contributed by atoms with van der Waals surface area (Å²) in [5, 5.41) is 1.14. The topological polar surface area (TPSA) is 9.23 Å². The van der Waals surface area contributed by atoms with Crippen LogP contribution in [-0.4, -0.2) is 0 Å². The Labute approximate surface area is 81.6 Å². The van der Waals surface area contributed by atoms with Crippen LogP contribution < -0.4 is 4.74 Å². The van der Waals surface area contributed by atoms with Gasteiger partial charge in [-0.3, -0.25) is 0 Å². The SMILES string of the molecule is C/C=C\Oc1cc(Cl)cc(Cl)c1. The summed E-state index contributed by atoms with van der Waals surface area (Å²) in [7, 11) is 0. The van der Waals surface area contributed by atoms with Crippen molar-refractivity contribution in [2.24, 2.45) is 0 Å². The quantitative estimate of drug-likeness (QED) is 0.662. The van der Waals surface area contributed by atoms with Gasteiger partial charge in [-0.05, 0) is 25.1 Å². The Bertz CT molecular complexity index is 274. The first-order valence-electron chi connectivity index (χ1n) is 3.46. The highest BCUT2D eigenvalue weighted by Crippen LogP contribution is 2.24. The number of allylic oxidation sites excluding steroid dienone is 1. The summed E-state index contributed by atoms with van der Waals surface area (Å²) < 4.78 is 5.17. The summed E-state index contributed by atoms with van der Waals surface area (Å²) in [4.78, 5) is 0. The molecule has 0 aliphatic heterocycles. The zero-order chi connectivity index (χ0) is 8.97. The molecule has 0 heterocycles. The van der Waals surface area contributed by atoms with Gasteiger partial charge in [0.25, 0.3) is 0 Å². The molecule has 0 saturated heterocycles. The molecular formula is C9H8Cl2O. The molecule has 0 aliphatic carbocycles. The Hall–Kier alpha value is -0.660. The van der Waals surface area contributed by atoms with Crippen molar-refractivity contribution in [1.82, 2.24) is 0 Å². The molecule has 0 radical (unpaired) electrons. The molecule has 1 rings (SSSR count). The Morgan fingerprint density at radius 2 is 1.75 bits per heavy atom. The maximum atomic E-state index is 5.74. The van der Waals surface area contributed by atoms with Gasteiger partial charge in [-0.25, -0.2) is 0 Å². The molecule has 0 saturated carbocycles. The molecule has 0 N–H and O–H groups in total. The van der Waals surface area contributed by atoms with E-state index in [0.717, 1.165) is 0 Å². The van der Waals surface area contributed by atoms with Crippen molar-refractivity contribution in [2.75, 3.05) is 0 Å². The van der Waals surface area contributed by atoms with Gasteiger partial charge in [0.1, 0.15) is 5.75 Å². The highest BCUT2D eigenvalue weighted by atomic mass is 35.5. The molecule has 0 aliphatic rings. The van der Waals surface area contributed by atoms with Crippen molar-refractivity contribution in [1.29, 1.82) is 0 Å². The number of ether oxygens (including phenoxy) is 1. The number of hydrogen-bond donors (Lipinski definition) is 0. The lowest BCUT2D eigenvalue weighted by molar-refractivity contribution is 0.480. The fourth-order valence-electron chi connectivity index (χ4n) is 0.743. The maximum absolute atomic E-state index is 5.74. The van der Waals surface area contributed by atoms with Gasteiger partial charge >= 0.3 is 0 Å². The summed E-state index contributed by atoms with van der Waals surface area (Å²) in [5.41, 5.74) is 0. The van der Waals surface area contributed by atoms with E-state index in [2.05, 4.69) is 0 Å². The van der Waals surface area contributed by atoms with Crippen molar-refractivity contribution in [3.8, 4) is 5.75 Å². The Morgan fingerprint density at radius 3 is 2.25 bits per heavy atom. The highest BCUT2D eigenvalue weighted by molar-refractivity contribution is 6.34. The third-order valence-electron chi connectivity index (χ3n) is 1.18. The van der Waals surface area contributed by atoms with Crippen molar-refractivity contribution in [3.05, 3.63) is 40.6 Å². The lowest BCUT2D eigenvalue weighted by Crippen LogP contribution is -1.80. The molecule has 1 nitrogen and oxygen atoms in total. The Morgan fingerprint density at radius 1 is 1.17 bits per heavy atom. The smallest absolute Gasteiger partial charge is 0.129 e. The van der Waals surface area contributed by atoms with E-state index < -0.39 is 0 Å². The van der Waals surface area contributed by atoms with Gasteiger partial charge in [0.15, 0.2) is 0 Å². The second-order valence-corrected chi connectivity index (χ2v) is 3.07. The first-order chi connectivity index (χ1) is 5.72. The van der Waals surface area contributed by atoms with Crippen LogP contribution in [0, 0.1) is 0 Å². The molecule has 0 aromatic heterocycles. The van der Waals surface area contributed by atoms with Gasteiger partial charge in [0.2, 0.25) is 0 Å². The van der Waals surface area contributed by atoms with Gasteiger partial charge < -0.3 is 4.74 Å². The van der Waals surface area contributed by atoms with Crippen LogP contribution in [-0.2, 0) is 0 Å². The standard InChI is InChI=1S/C9H8Cl2O/c1-2-3-12-9-5-7(10)4-8(11)6-9/h2-6H,1H3/b3-2-. The van der Waals surface area contributed by atoms with E-state index >= 15 is 0 Å². The monoisotopic (exact) mass is 202 g/mol. The molecule has 0 amide bonds. The number of hydrogen-bond acceptors (Lipinski definition) is 1. The zero-order valence-electron chi connectivity index (χ0n) is 6.55. The molecule has 3 heteroatoms. The normalized spacial score (nSPS) is 10.6. The molecule has 1 aromatic carbocycles. The summed E-state index contributed by atoms with van der Waals surface area (Å²) in [6.45, 7) is 1.87. The van der Waals surface area contributed by atoms with Crippen LogP contribution >= 0.6 is 23.2 Å². The second kappa shape index (κ2) is 4.39. The Kier molecular flexibility index (Phi) is 3.45. The third-order valence-corrected chi connectivity index (χ3v) is 1.61. The fraction of sp³-hybridized carbons (Fsp3) is 0.111. The summed E-state index contributed by atoms with van der Waals surface area (Å²) in [6.07, 6.45) is 3.36. The predicted octanol–water partition coefficient (Wildman–Crippen LogP) is 3.91. The minimum Gasteiger partial charge on any atom is -0.465 e. The molecule has 64 valence electrons. The lowest BCUT2D eigenvalue weighted by atomic mass is 10.3. The van der Waals surface area contributed by atoms with E-state index in [1.54, 1.807) is 30.5 Å². The third kappa shape index (κ3) is 2.76. The first-order valence-corrected chi connectivity index (χ1v) is 4.22. The van der Waals surface area contributed by atoms with Crippen LogP contribution in [0.4, 0.5) is 0 Å². The van der Waals surface area contributed by atoms with Crippen LogP contribution in [0.3, 0.4) is 0 Å². The zero-order valence-corrected chi connectivity index (χ0v) is 8.06. The molecule has 0 fully saturated rings. The number of rotatable bonds is 2. The van der Waals surface area contributed by atoms with E-state index in [0.29, 0.717) is 15.8 Å².